The average Bonchev–Trinajstić information content (AvgIpc) is 2.86. The Balaban J connectivity index is 1.59. The standard InChI is InChI=1S/C29H28ClN3O2/c1-20-15-23(27(30)16-24(20)18-33-14-13-32(2)19-28(33)29(34)35)12-11-22-9-6-10-25(26(22)17-31)21-7-4-3-5-8-21/h3-12,15-16,28H,13-14,18-19H2,1-2H3,(H,34,35). The van der Waals surface area contributed by atoms with Crippen LogP contribution >= 0.6 is 11.6 Å². The predicted octanol–water partition coefficient (Wildman–Crippen LogP) is 5.56. The van der Waals surface area contributed by atoms with E-state index in [0.717, 1.165) is 39.9 Å². The van der Waals surface area contributed by atoms with Gasteiger partial charge in [0.1, 0.15) is 12.1 Å². The Morgan fingerprint density at radius 2 is 1.86 bits per heavy atom. The van der Waals surface area contributed by atoms with Crippen molar-refractivity contribution >= 4 is 29.7 Å². The molecule has 1 fully saturated rings. The van der Waals surface area contributed by atoms with Crippen LogP contribution in [0.3, 0.4) is 0 Å². The van der Waals surface area contributed by atoms with E-state index in [-0.39, 0.29) is 0 Å². The molecule has 3 aromatic carbocycles. The minimum absolute atomic E-state index is 0.506. The Labute approximate surface area is 211 Å². The summed E-state index contributed by atoms with van der Waals surface area (Å²) in [6.07, 6.45) is 3.85. The summed E-state index contributed by atoms with van der Waals surface area (Å²) in [6, 6.07) is 21.5. The number of nitrogens with zero attached hydrogens (tertiary/aromatic N) is 3. The number of benzene rings is 3. The van der Waals surface area contributed by atoms with E-state index in [4.69, 9.17) is 11.6 Å². The van der Waals surface area contributed by atoms with E-state index in [1.807, 2.05) is 96.6 Å². The monoisotopic (exact) mass is 485 g/mol. The number of hydrogen-bond acceptors (Lipinski definition) is 4. The van der Waals surface area contributed by atoms with Crippen molar-refractivity contribution < 1.29 is 9.90 Å². The quantitative estimate of drug-likeness (QED) is 0.463. The number of carboxylic acid groups (broad SMARTS) is 1. The molecule has 6 heteroatoms. The topological polar surface area (TPSA) is 67.6 Å². The highest BCUT2D eigenvalue weighted by atomic mass is 35.5. The van der Waals surface area contributed by atoms with Crippen LogP contribution in [0.15, 0.2) is 60.7 Å². The molecule has 1 atom stereocenters. The van der Waals surface area contributed by atoms with E-state index < -0.39 is 12.0 Å². The molecule has 0 spiro atoms. The maximum Gasteiger partial charge on any atom is 0.322 e. The van der Waals surface area contributed by atoms with Crippen molar-refractivity contribution in [2.45, 2.75) is 19.5 Å². The number of hydrogen-bond donors (Lipinski definition) is 1. The number of piperazine rings is 1. The summed E-state index contributed by atoms with van der Waals surface area (Å²) in [7, 11) is 1.95. The molecule has 0 bridgehead atoms. The van der Waals surface area contributed by atoms with Gasteiger partial charge < -0.3 is 10.0 Å². The van der Waals surface area contributed by atoms with Gasteiger partial charge in [0.05, 0.1) is 5.56 Å². The van der Waals surface area contributed by atoms with Gasteiger partial charge in [0, 0.05) is 36.8 Å². The fraction of sp³-hybridized carbons (Fsp3) is 0.241. The zero-order valence-corrected chi connectivity index (χ0v) is 20.7. The summed E-state index contributed by atoms with van der Waals surface area (Å²) in [5.74, 6) is -0.800. The van der Waals surface area contributed by atoms with Crippen LogP contribution in [0.25, 0.3) is 23.3 Å². The number of carboxylic acids is 1. The van der Waals surface area contributed by atoms with Gasteiger partial charge in [-0.1, -0.05) is 78.4 Å². The third-order valence-electron chi connectivity index (χ3n) is 6.54. The smallest absolute Gasteiger partial charge is 0.322 e. The van der Waals surface area contributed by atoms with Crippen molar-refractivity contribution in [3.05, 3.63) is 93.5 Å². The fourth-order valence-electron chi connectivity index (χ4n) is 4.51. The molecule has 1 aliphatic rings. The van der Waals surface area contributed by atoms with E-state index in [0.29, 0.717) is 30.2 Å². The number of aryl methyl sites for hydroxylation is 1. The molecule has 0 aliphatic carbocycles. The molecule has 35 heavy (non-hydrogen) atoms. The van der Waals surface area contributed by atoms with Gasteiger partial charge in [-0.25, -0.2) is 0 Å². The number of likely N-dealkylation sites (N-methyl/N-ethyl adjacent to an activating group) is 1. The molecule has 3 aromatic rings. The lowest BCUT2D eigenvalue weighted by Crippen LogP contribution is -2.54. The van der Waals surface area contributed by atoms with E-state index >= 15 is 0 Å². The summed E-state index contributed by atoms with van der Waals surface area (Å²) in [6.45, 7) is 4.59. The molecular weight excluding hydrogens is 458 g/mol. The summed E-state index contributed by atoms with van der Waals surface area (Å²) >= 11 is 6.65. The molecule has 1 heterocycles. The molecule has 1 N–H and O–H groups in total. The minimum atomic E-state index is -0.800. The van der Waals surface area contributed by atoms with Crippen molar-refractivity contribution in [3.8, 4) is 17.2 Å². The highest BCUT2D eigenvalue weighted by molar-refractivity contribution is 6.32. The molecule has 1 unspecified atom stereocenters. The van der Waals surface area contributed by atoms with E-state index in [1.165, 1.54) is 0 Å². The van der Waals surface area contributed by atoms with Crippen LogP contribution in [0.4, 0.5) is 0 Å². The lowest BCUT2D eigenvalue weighted by atomic mass is 9.95. The van der Waals surface area contributed by atoms with Crippen LogP contribution < -0.4 is 0 Å². The number of nitriles is 1. The van der Waals surface area contributed by atoms with Crippen LogP contribution in [0.2, 0.25) is 5.02 Å². The van der Waals surface area contributed by atoms with Crippen LogP contribution in [0.5, 0.6) is 0 Å². The highest BCUT2D eigenvalue weighted by Gasteiger charge is 2.31. The first kappa shape index (κ1) is 24.7. The third kappa shape index (κ3) is 5.63. The molecule has 1 saturated heterocycles. The Bertz CT molecular complexity index is 1300. The first-order valence-electron chi connectivity index (χ1n) is 11.6. The maximum absolute atomic E-state index is 11.8. The SMILES string of the molecule is Cc1cc(C=Cc2cccc(-c3ccccc3)c2C#N)c(Cl)cc1CN1CCN(C)CC1C(=O)O. The molecule has 0 saturated carbocycles. The summed E-state index contributed by atoms with van der Waals surface area (Å²) in [5.41, 5.74) is 6.27. The summed E-state index contributed by atoms with van der Waals surface area (Å²) in [5, 5.41) is 20.1. The number of aliphatic carboxylic acids is 1. The lowest BCUT2D eigenvalue weighted by molar-refractivity contribution is -0.145. The van der Waals surface area contributed by atoms with E-state index in [9.17, 15) is 15.2 Å². The number of carbonyl (C=O) groups is 1. The molecule has 178 valence electrons. The van der Waals surface area contributed by atoms with Gasteiger partial charge in [-0.2, -0.15) is 5.26 Å². The zero-order chi connectivity index (χ0) is 24.9. The van der Waals surface area contributed by atoms with Crippen molar-refractivity contribution in [2.24, 2.45) is 0 Å². The second-order valence-electron chi connectivity index (χ2n) is 8.97. The first-order chi connectivity index (χ1) is 16.9. The fourth-order valence-corrected chi connectivity index (χ4v) is 4.76. The van der Waals surface area contributed by atoms with Gasteiger partial charge >= 0.3 is 5.97 Å². The molecule has 0 amide bonds. The highest BCUT2D eigenvalue weighted by Crippen LogP contribution is 2.29. The summed E-state index contributed by atoms with van der Waals surface area (Å²) < 4.78 is 0. The zero-order valence-electron chi connectivity index (χ0n) is 19.9. The van der Waals surface area contributed by atoms with Gasteiger partial charge in [0.15, 0.2) is 0 Å². The third-order valence-corrected chi connectivity index (χ3v) is 6.87. The normalized spacial score (nSPS) is 16.9. The first-order valence-corrected chi connectivity index (χ1v) is 12.0. The maximum atomic E-state index is 11.8. The van der Waals surface area contributed by atoms with Gasteiger partial charge in [0.2, 0.25) is 0 Å². The van der Waals surface area contributed by atoms with E-state index in [1.54, 1.807) is 0 Å². The van der Waals surface area contributed by atoms with Gasteiger partial charge in [-0.3, -0.25) is 9.69 Å². The predicted molar refractivity (Wildman–Crippen MR) is 141 cm³/mol. The average molecular weight is 486 g/mol. The summed E-state index contributed by atoms with van der Waals surface area (Å²) in [4.78, 5) is 15.8. The largest absolute Gasteiger partial charge is 0.480 e. The molecule has 1 aliphatic heterocycles. The molecule has 0 radical (unpaired) electrons. The molecular formula is C29H28ClN3O2. The van der Waals surface area contributed by atoms with Gasteiger partial charge in [-0.05, 0) is 47.9 Å². The minimum Gasteiger partial charge on any atom is -0.480 e. The second-order valence-corrected chi connectivity index (χ2v) is 9.38. The van der Waals surface area contributed by atoms with Gasteiger partial charge in [0.25, 0.3) is 0 Å². The van der Waals surface area contributed by atoms with Crippen molar-refractivity contribution in [1.82, 2.24) is 9.80 Å². The van der Waals surface area contributed by atoms with Crippen LogP contribution in [-0.2, 0) is 11.3 Å². The molecule has 4 rings (SSSR count). The van der Waals surface area contributed by atoms with Crippen LogP contribution in [0.1, 0.15) is 27.8 Å². The molecule has 0 aromatic heterocycles. The molecule has 5 nitrogen and oxygen atoms in total. The van der Waals surface area contributed by atoms with Gasteiger partial charge in [-0.15, -0.1) is 0 Å². The number of rotatable bonds is 6. The van der Waals surface area contributed by atoms with Crippen LogP contribution in [-0.4, -0.2) is 53.6 Å². The Morgan fingerprint density at radius 3 is 2.57 bits per heavy atom. The Morgan fingerprint density at radius 1 is 1.11 bits per heavy atom. The van der Waals surface area contributed by atoms with E-state index in [2.05, 4.69) is 6.07 Å². The Hall–Kier alpha value is -3.43. The second kappa shape index (κ2) is 10.9. The van der Waals surface area contributed by atoms with Crippen molar-refractivity contribution in [3.63, 3.8) is 0 Å². The van der Waals surface area contributed by atoms with Crippen molar-refractivity contribution in [2.75, 3.05) is 26.7 Å². The lowest BCUT2D eigenvalue weighted by Gasteiger charge is -2.37. The number of halogens is 1. The Kier molecular flexibility index (Phi) is 7.67. The van der Waals surface area contributed by atoms with Crippen molar-refractivity contribution in [1.29, 1.82) is 5.26 Å². The van der Waals surface area contributed by atoms with Crippen LogP contribution in [0, 0.1) is 18.3 Å².